The van der Waals surface area contributed by atoms with Gasteiger partial charge in [0.2, 0.25) is 23.6 Å². The molecule has 6 amide bonds. The molecule has 1 atom stereocenters. The number of ether oxygens (including phenoxy) is 8. The van der Waals surface area contributed by atoms with Crippen molar-refractivity contribution in [2.75, 3.05) is 131 Å². The highest BCUT2D eigenvalue weighted by Crippen LogP contribution is 2.09. The van der Waals surface area contributed by atoms with Crippen LogP contribution in [0.3, 0.4) is 0 Å². The number of aliphatic hydroxyl groups excluding tert-OH is 1. The molecule has 0 unspecified atom stereocenters. The van der Waals surface area contributed by atoms with Gasteiger partial charge in [0.05, 0.1) is 119 Å². The van der Waals surface area contributed by atoms with Crippen LogP contribution in [-0.2, 0) is 73.3 Å². The highest BCUT2D eigenvalue weighted by molar-refractivity contribution is 6.13. The van der Waals surface area contributed by atoms with E-state index in [-0.39, 0.29) is 56.9 Å². The summed E-state index contributed by atoms with van der Waals surface area (Å²) in [6.07, 6.45) is 2.46. The van der Waals surface area contributed by atoms with E-state index in [1.807, 2.05) is 0 Å². The van der Waals surface area contributed by atoms with Crippen molar-refractivity contribution in [1.82, 2.24) is 20.9 Å². The van der Waals surface area contributed by atoms with Crippen LogP contribution in [0.5, 0.6) is 0 Å². The number of amides is 6. The van der Waals surface area contributed by atoms with Gasteiger partial charge in [0, 0.05) is 43.8 Å². The molecule has 0 spiro atoms. The minimum atomic E-state index is -0.815. The molecule has 338 valence electrons. The van der Waals surface area contributed by atoms with E-state index in [1.54, 1.807) is 38.1 Å². The lowest BCUT2D eigenvalue weighted by atomic mass is 10.0. The van der Waals surface area contributed by atoms with Crippen LogP contribution in [0.25, 0.3) is 0 Å². The summed E-state index contributed by atoms with van der Waals surface area (Å²) in [5.41, 5.74) is 1.25. The lowest BCUT2D eigenvalue weighted by Gasteiger charge is -2.21. The molecule has 0 aromatic heterocycles. The lowest BCUT2D eigenvalue weighted by Crippen LogP contribution is -2.51. The average Bonchev–Trinajstić information content (AvgIpc) is 3.56. The third-order valence-corrected chi connectivity index (χ3v) is 8.22. The molecule has 60 heavy (non-hydrogen) atoms. The van der Waals surface area contributed by atoms with Crippen molar-refractivity contribution in [2.24, 2.45) is 5.92 Å². The van der Waals surface area contributed by atoms with Crippen molar-refractivity contribution in [2.45, 2.75) is 39.3 Å². The minimum absolute atomic E-state index is 0.0377. The number of carbonyl (C=O) groups excluding carboxylic acids is 6. The summed E-state index contributed by atoms with van der Waals surface area (Å²) in [5.74, 6) is -2.53. The summed E-state index contributed by atoms with van der Waals surface area (Å²) in [4.78, 5) is 73.1. The molecule has 0 radical (unpaired) electrons. The van der Waals surface area contributed by atoms with Crippen LogP contribution >= 0.6 is 0 Å². The number of anilines is 1. The molecule has 1 aromatic carbocycles. The van der Waals surface area contributed by atoms with E-state index in [0.717, 1.165) is 4.90 Å². The largest absolute Gasteiger partial charge is 0.392 e. The van der Waals surface area contributed by atoms with Gasteiger partial charge in [-0.05, 0) is 23.6 Å². The van der Waals surface area contributed by atoms with Crippen molar-refractivity contribution in [3.05, 3.63) is 42.0 Å². The number of benzene rings is 1. The highest BCUT2D eigenvalue weighted by Gasteiger charge is 2.25. The maximum Gasteiger partial charge on any atom is 0.253 e. The number of hydrogen-bond donors (Lipinski definition) is 5. The predicted octanol–water partition coefficient (Wildman–Crippen LogP) is -0.671. The molecule has 0 fully saturated rings. The number of carbonyl (C=O) groups is 6. The second-order valence-corrected chi connectivity index (χ2v) is 13.3. The zero-order valence-corrected chi connectivity index (χ0v) is 34.8. The standard InChI is InChI=1S/C40H63N5O15/c1-31(2)39(40(52)42-29-36(49)43-33-5-3-32(30-46)4-6-33)44-35(48)10-13-53-15-17-55-19-21-57-23-25-59-27-28-60-26-24-58-22-20-56-18-16-54-14-11-41-34(47)9-12-45-37(50)7-8-38(45)51/h3-8,31,39,46H,9-30H2,1-2H3,(H,41,47)(H,42,52)(H,43,49)(H,44,48)/t39-/m0/s1. The van der Waals surface area contributed by atoms with Crippen LogP contribution in [0.4, 0.5) is 5.69 Å². The Bertz CT molecular complexity index is 1410. The second kappa shape index (κ2) is 33.4. The molecule has 0 aliphatic carbocycles. The number of aliphatic hydroxyl groups is 1. The highest BCUT2D eigenvalue weighted by atomic mass is 16.6. The first-order chi connectivity index (χ1) is 29.1. The third kappa shape index (κ3) is 25.3. The number of rotatable bonds is 37. The Morgan fingerprint density at radius 1 is 0.583 bits per heavy atom. The zero-order chi connectivity index (χ0) is 43.6. The fraction of sp³-hybridized carbons (Fsp3) is 0.650. The summed E-state index contributed by atoms with van der Waals surface area (Å²) < 4.78 is 43.6. The minimum Gasteiger partial charge on any atom is -0.392 e. The number of hydrogen-bond acceptors (Lipinski definition) is 15. The molecule has 0 saturated heterocycles. The van der Waals surface area contributed by atoms with Gasteiger partial charge in [-0.3, -0.25) is 33.7 Å². The van der Waals surface area contributed by atoms with Crippen molar-refractivity contribution >= 4 is 41.1 Å². The maximum atomic E-state index is 12.7. The van der Waals surface area contributed by atoms with Crippen LogP contribution in [0.1, 0.15) is 32.3 Å². The van der Waals surface area contributed by atoms with Crippen molar-refractivity contribution in [3.63, 3.8) is 0 Å². The molecule has 5 N–H and O–H groups in total. The fourth-order valence-corrected chi connectivity index (χ4v) is 4.98. The third-order valence-electron chi connectivity index (χ3n) is 8.22. The topological polar surface area (TPSA) is 248 Å². The molecule has 0 bridgehead atoms. The Balaban J connectivity index is 1.27. The van der Waals surface area contributed by atoms with Gasteiger partial charge < -0.3 is 64.3 Å². The van der Waals surface area contributed by atoms with E-state index < -0.39 is 29.7 Å². The Labute approximate surface area is 351 Å². The number of nitrogens with one attached hydrogen (secondary N) is 4. The van der Waals surface area contributed by atoms with Gasteiger partial charge in [0.1, 0.15) is 6.04 Å². The smallest absolute Gasteiger partial charge is 0.253 e. The van der Waals surface area contributed by atoms with E-state index in [1.165, 1.54) is 12.2 Å². The summed E-state index contributed by atoms with van der Waals surface area (Å²) in [5, 5.41) is 19.7. The molecule has 20 heteroatoms. The molecular formula is C40H63N5O15. The lowest BCUT2D eigenvalue weighted by molar-refractivity contribution is -0.137. The van der Waals surface area contributed by atoms with Gasteiger partial charge in [-0.1, -0.05) is 26.0 Å². The summed E-state index contributed by atoms with van der Waals surface area (Å²) in [7, 11) is 0. The number of imide groups is 1. The Morgan fingerprint density at radius 2 is 1.03 bits per heavy atom. The Morgan fingerprint density at radius 3 is 1.48 bits per heavy atom. The van der Waals surface area contributed by atoms with Gasteiger partial charge in [-0.25, -0.2) is 0 Å². The molecule has 2 rings (SSSR count). The first-order valence-electron chi connectivity index (χ1n) is 20.1. The van der Waals surface area contributed by atoms with Crippen LogP contribution in [-0.4, -0.2) is 177 Å². The first-order valence-corrected chi connectivity index (χ1v) is 20.1. The Kier molecular flexibility index (Phi) is 28.8. The average molecular weight is 854 g/mol. The molecular weight excluding hydrogens is 790 g/mol. The van der Waals surface area contributed by atoms with Gasteiger partial charge in [-0.2, -0.15) is 0 Å². The molecule has 1 aromatic rings. The first kappa shape index (κ1) is 51.8. The summed E-state index contributed by atoms with van der Waals surface area (Å²) >= 11 is 0. The molecule has 0 saturated carbocycles. The molecule has 1 aliphatic heterocycles. The van der Waals surface area contributed by atoms with Crippen LogP contribution in [0.15, 0.2) is 36.4 Å². The zero-order valence-electron chi connectivity index (χ0n) is 34.8. The SMILES string of the molecule is CC(C)[C@H](NC(=O)CCOCCOCCOCCOCCOCCOCCOCCOCCNC(=O)CCN1C(=O)C=CC1=O)C(=O)NCC(=O)Nc1ccc(CO)cc1. The van der Waals surface area contributed by atoms with Gasteiger partial charge in [0.25, 0.3) is 11.8 Å². The second-order valence-electron chi connectivity index (χ2n) is 13.3. The Hall–Kier alpha value is -4.38. The van der Waals surface area contributed by atoms with Crippen LogP contribution in [0.2, 0.25) is 0 Å². The van der Waals surface area contributed by atoms with Crippen LogP contribution < -0.4 is 21.3 Å². The van der Waals surface area contributed by atoms with E-state index in [0.29, 0.717) is 117 Å². The van der Waals surface area contributed by atoms with Crippen molar-refractivity contribution < 1.29 is 71.8 Å². The normalized spacial score (nSPS) is 12.9. The van der Waals surface area contributed by atoms with Crippen molar-refractivity contribution in [3.8, 4) is 0 Å². The molecule has 1 heterocycles. The molecule has 20 nitrogen and oxygen atoms in total. The predicted molar refractivity (Wildman–Crippen MR) is 215 cm³/mol. The van der Waals surface area contributed by atoms with E-state index in [9.17, 15) is 28.8 Å². The van der Waals surface area contributed by atoms with E-state index in [4.69, 9.17) is 43.0 Å². The molecule has 1 aliphatic rings. The monoisotopic (exact) mass is 853 g/mol. The fourth-order valence-electron chi connectivity index (χ4n) is 4.98. The summed E-state index contributed by atoms with van der Waals surface area (Å²) in [6, 6.07) is 5.86. The van der Waals surface area contributed by atoms with Gasteiger partial charge in [0.15, 0.2) is 0 Å². The van der Waals surface area contributed by atoms with Crippen molar-refractivity contribution in [1.29, 1.82) is 0 Å². The maximum absolute atomic E-state index is 12.7. The van der Waals surface area contributed by atoms with Crippen LogP contribution in [0, 0.1) is 5.92 Å². The van der Waals surface area contributed by atoms with E-state index >= 15 is 0 Å². The van der Waals surface area contributed by atoms with Gasteiger partial charge in [-0.15, -0.1) is 0 Å². The van der Waals surface area contributed by atoms with E-state index in [2.05, 4.69) is 21.3 Å². The quantitative estimate of drug-likeness (QED) is 0.0412. The summed E-state index contributed by atoms with van der Waals surface area (Å²) in [6.45, 7) is 9.55. The number of nitrogens with zero attached hydrogens (tertiary/aromatic N) is 1. The van der Waals surface area contributed by atoms with Gasteiger partial charge >= 0.3 is 0 Å².